The third-order valence-electron chi connectivity index (χ3n) is 8.54. The molecule has 240 valence electrons. The molecular weight excluding hydrogens is 592 g/mol. The number of fused-ring (bicyclic) bond motifs is 4. The Hall–Kier alpha value is -3.99. The van der Waals surface area contributed by atoms with Gasteiger partial charge in [-0.05, 0) is 80.2 Å². The summed E-state index contributed by atoms with van der Waals surface area (Å²) in [5, 5.41) is 0. The highest BCUT2D eigenvalue weighted by Crippen LogP contribution is 2.39. The molecule has 0 saturated heterocycles. The molecule has 2 aliphatic rings. The van der Waals surface area contributed by atoms with Crippen molar-refractivity contribution in [3.8, 4) is 17.1 Å². The Bertz CT molecular complexity index is 1670. The number of nitrogens with one attached hydrogen (secondary N) is 1. The van der Waals surface area contributed by atoms with E-state index in [2.05, 4.69) is 35.5 Å². The summed E-state index contributed by atoms with van der Waals surface area (Å²) in [4.78, 5) is 37.0. The number of anilines is 1. The summed E-state index contributed by atoms with van der Waals surface area (Å²) in [6, 6.07) is 13.3. The number of methoxy groups -OCH3 is 1. The summed E-state index contributed by atoms with van der Waals surface area (Å²) in [6.07, 6.45) is 3.13. The van der Waals surface area contributed by atoms with Crippen LogP contribution in [0.4, 0.5) is 5.95 Å². The van der Waals surface area contributed by atoms with Gasteiger partial charge in [-0.1, -0.05) is 45.0 Å². The van der Waals surface area contributed by atoms with Crippen molar-refractivity contribution < 1.29 is 27.5 Å². The van der Waals surface area contributed by atoms with Crippen molar-refractivity contribution in [2.75, 3.05) is 18.4 Å². The topological polar surface area (TPSA) is 128 Å². The smallest absolute Gasteiger partial charge is 0.305 e. The summed E-state index contributed by atoms with van der Waals surface area (Å²) in [5.41, 5.74) is 3.48. The number of carbonyl (C=O) groups excluding carboxylic acids is 2. The van der Waals surface area contributed by atoms with Gasteiger partial charge < -0.3 is 14.4 Å². The van der Waals surface area contributed by atoms with Crippen molar-refractivity contribution in [1.82, 2.24) is 14.9 Å². The van der Waals surface area contributed by atoms with Crippen LogP contribution >= 0.6 is 0 Å². The molecule has 10 nitrogen and oxygen atoms in total. The number of rotatable bonds is 6. The van der Waals surface area contributed by atoms with E-state index in [0.717, 1.165) is 29.5 Å². The van der Waals surface area contributed by atoms with Crippen LogP contribution in [0.5, 0.6) is 5.88 Å². The van der Waals surface area contributed by atoms with E-state index in [1.165, 1.54) is 19.2 Å². The number of benzene rings is 2. The number of aryl methyl sites for hydroxylation is 2. The lowest BCUT2D eigenvalue weighted by Gasteiger charge is -2.47. The van der Waals surface area contributed by atoms with Gasteiger partial charge in [0.15, 0.2) is 0 Å². The minimum absolute atomic E-state index is 0.0620. The summed E-state index contributed by atoms with van der Waals surface area (Å²) in [5.74, 6) is -0.121. The van der Waals surface area contributed by atoms with Crippen LogP contribution in [0.15, 0.2) is 53.4 Å². The number of ether oxygens (including phenoxy) is 2. The van der Waals surface area contributed by atoms with Gasteiger partial charge in [-0.2, -0.15) is 4.98 Å². The minimum Gasteiger partial charge on any atom is -0.475 e. The Morgan fingerprint density at radius 2 is 1.76 bits per heavy atom. The molecule has 45 heavy (non-hydrogen) atoms. The maximum Gasteiger partial charge on any atom is 0.305 e. The van der Waals surface area contributed by atoms with Gasteiger partial charge >= 0.3 is 5.97 Å². The quantitative estimate of drug-likeness (QED) is 0.331. The molecule has 1 aliphatic heterocycles. The SMILES string of the molecule is COC(=O)CCC1CC(N2C(=O)c3cccc(c3)S(=O)(=O)Nc3nc(cc(-c4c(C)cccc4C)n3)OC[C@H]2CC(C)(C)C)C1. The van der Waals surface area contributed by atoms with Crippen LogP contribution in [0, 0.1) is 25.2 Å². The van der Waals surface area contributed by atoms with Gasteiger partial charge in [0.2, 0.25) is 11.8 Å². The summed E-state index contributed by atoms with van der Waals surface area (Å²) < 4.78 is 40.9. The van der Waals surface area contributed by atoms with Gasteiger partial charge in [0.1, 0.15) is 6.61 Å². The minimum atomic E-state index is -4.14. The predicted molar refractivity (Wildman–Crippen MR) is 171 cm³/mol. The Balaban J connectivity index is 1.59. The second-order valence-electron chi connectivity index (χ2n) is 13.4. The molecule has 1 amide bonds. The van der Waals surface area contributed by atoms with Crippen LogP contribution in [-0.4, -0.2) is 61.0 Å². The normalized spacial score (nSPS) is 21.2. The molecule has 1 fully saturated rings. The first-order valence-electron chi connectivity index (χ1n) is 15.3. The maximum absolute atomic E-state index is 14.3. The van der Waals surface area contributed by atoms with Crippen LogP contribution in [0.1, 0.15) is 74.4 Å². The fourth-order valence-electron chi connectivity index (χ4n) is 6.36. The van der Waals surface area contributed by atoms with E-state index in [9.17, 15) is 18.0 Å². The Morgan fingerprint density at radius 1 is 1.07 bits per heavy atom. The molecule has 3 aromatic rings. The van der Waals surface area contributed by atoms with Crippen molar-refractivity contribution in [1.29, 1.82) is 0 Å². The number of aromatic nitrogens is 2. The van der Waals surface area contributed by atoms with Gasteiger partial charge in [0, 0.05) is 29.7 Å². The highest BCUT2D eigenvalue weighted by atomic mass is 32.2. The maximum atomic E-state index is 14.3. The lowest BCUT2D eigenvalue weighted by molar-refractivity contribution is -0.141. The van der Waals surface area contributed by atoms with Crippen molar-refractivity contribution in [2.45, 2.75) is 83.7 Å². The number of sulfonamides is 1. The van der Waals surface area contributed by atoms with E-state index in [1.807, 2.05) is 36.9 Å². The monoisotopic (exact) mass is 634 g/mol. The number of hydrogen-bond donors (Lipinski definition) is 1. The first-order valence-corrected chi connectivity index (χ1v) is 16.8. The fraction of sp³-hybridized carbons (Fsp3) is 0.471. The molecule has 2 aromatic carbocycles. The second kappa shape index (κ2) is 12.8. The number of hydrogen-bond acceptors (Lipinski definition) is 8. The average Bonchev–Trinajstić information content (AvgIpc) is 2.95. The molecule has 1 aliphatic carbocycles. The summed E-state index contributed by atoms with van der Waals surface area (Å²) in [6.45, 7) is 10.5. The Kier molecular flexibility index (Phi) is 9.21. The van der Waals surface area contributed by atoms with Crippen LogP contribution in [0.3, 0.4) is 0 Å². The average molecular weight is 635 g/mol. The van der Waals surface area contributed by atoms with Crippen LogP contribution in [0.2, 0.25) is 0 Å². The molecule has 11 heteroatoms. The predicted octanol–water partition coefficient (Wildman–Crippen LogP) is 5.93. The van der Waals surface area contributed by atoms with Gasteiger partial charge in [-0.15, -0.1) is 0 Å². The van der Waals surface area contributed by atoms with Crippen LogP contribution in [-0.2, 0) is 19.6 Å². The van der Waals surface area contributed by atoms with Crippen LogP contribution in [0.25, 0.3) is 11.3 Å². The highest BCUT2D eigenvalue weighted by Gasteiger charge is 2.41. The molecule has 2 heterocycles. The molecule has 1 aromatic heterocycles. The van der Waals surface area contributed by atoms with Crippen molar-refractivity contribution in [3.63, 3.8) is 0 Å². The van der Waals surface area contributed by atoms with Crippen molar-refractivity contribution >= 4 is 27.8 Å². The van der Waals surface area contributed by atoms with E-state index >= 15 is 0 Å². The largest absolute Gasteiger partial charge is 0.475 e. The molecule has 0 radical (unpaired) electrons. The third kappa shape index (κ3) is 7.46. The zero-order valence-electron chi connectivity index (χ0n) is 26.8. The number of amides is 1. The summed E-state index contributed by atoms with van der Waals surface area (Å²) in [7, 11) is -2.76. The van der Waals surface area contributed by atoms with Gasteiger partial charge in [0.25, 0.3) is 15.9 Å². The first-order chi connectivity index (χ1) is 21.2. The Labute approximate surface area is 265 Å². The fourth-order valence-corrected chi connectivity index (χ4v) is 7.35. The molecule has 1 atom stereocenters. The standard InChI is InChI=1S/C34H42N4O6S/c1-21-9-7-10-22(2)31(21)28-18-29-36-33(35-28)37-45(41,42)27-12-8-11-24(17-27)32(40)38(26(20-44-29)19-34(3,4)5)25-15-23(16-25)13-14-30(39)43-6/h7-12,17-18,23,25-26H,13-16,19-20H2,1-6H3,(H,35,36,37)/t23?,25?,26-/m1/s1. The van der Waals surface area contributed by atoms with Gasteiger partial charge in [-0.3, -0.25) is 9.59 Å². The van der Waals surface area contributed by atoms with Crippen LogP contribution < -0.4 is 9.46 Å². The molecule has 1 N–H and O–H groups in total. The number of carbonyl (C=O) groups is 2. The number of nitrogens with zero attached hydrogens (tertiary/aromatic N) is 3. The lowest BCUT2D eigenvalue weighted by Crippen LogP contribution is -2.55. The highest BCUT2D eigenvalue weighted by molar-refractivity contribution is 7.92. The van der Waals surface area contributed by atoms with Gasteiger partial charge in [0.05, 0.1) is 23.7 Å². The zero-order chi connectivity index (χ0) is 32.5. The Morgan fingerprint density at radius 3 is 2.42 bits per heavy atom. The molecule has 0 unspecified atom stereocenters. The molecule has 1 saturated carbocycles. The first kappa shape index (κ1) is 32.4. The van der Waals surface area contributed by atoms with Crippen molar-refractivity contribution in [2.24, 2.45) is 11.3 Å². The van der Waals surface area contributed by atoms with Crippen molar-refractivity contribution in [3.05, 3.63) is 65.2 Å². The second-order valence-corrected chi connectivity index (χ2v) is 15.0. The van der Waals surface area contributed by atoms with E-state index in [0.29, 0.717) is 25.0 Å². The van der Waals surface area contributed by atoms with E-state index in [-0.39, 0.29) is 64.2 Å². The lowest BCUT2D eigenvalue weighted by atomic mass is 9.75. The molecular formula is C34H42N4O6S. The van der Waals surface area contributed by atoms with E-state index < -0.39 is 10.0 Å². The summed E-state index contributed by atoms with van der Waals surface area (Å²) >= 11 is 0. The zero-order valence-corrected chi connectivity index (χ0v) is 27.6. The van der Waals surface area contributed by atoms with E-state index in [1.54, 1.807) is 18.2 Å². The molecule has 4 bridgehead atoms. The van der Waals surface area contributed by atoms with Gasteiger partial charge in [-0.25, -0.2) is 18.1 Å². The molecule has 0 spiro atoms. The van der Waals surface area contributed by atoms with E-state index in [4.69, 9.17) is 9.47 Å². The third-order valence-corrected chi connectivity index (χ3v) is 9.87. The number of esters is 1. The molecule has 5 rings (SSSR count).